The topological polar surface area (TPSA) is 46.2 Å². The van der Waals surface area contributed by atoms with Gasteiger partial charge in [0.1, 0.15) is 0 Å². The fraction of sp³-hybridized carbons (Fsp3) is 1.00. The van der Waals surface area contributed by atoms with Gasteiger partial charge in [-0.25, -0.2) is 0 Å². The molecule has 1 aliphatic carbocycles. The van der Waals surface area contributed by atoms with E-state index < -0.39 is 0 Å². The first-order valence-electron chi connectivity index (χ1n) is 3.19. The van der Waals surface area contributed by atoms with Gasteiger partial charge in [0.25, 0.3) is 0 Å². The van der Waals surface area contributed by atoms with Gasteiger partial charge < -0.3 is 10.8 Å². The second kappa shape index (κ2) is 2.46. The van der Waals surface area contributed by atoms with Gasteiger partial charge in [-0.15, -0.1) is 0 Å². The van der Waals surface area contributed by atoms with Crippen molar-refractivity contribution in [2.24, 2.45) is 11.7 Å². The molecular formula is C6H13NO. The number of aliphatic hydroxyl groups excluding tert-OH is 1. The van der Waals surface area contributed by atoms with Crippen molar-refractivity contribution in [2.45, 2.75) is 25.3 Å². The molecule has 0 spiro atoms. The molecule has 1 saturated carbocycles. The Labute approximate surface area is 49.7 Å². The summed E-state index contributed by atoms with van der Waals surface area (Å²) in [5.41, 5.74) is 5.59. The molecule has 0 unspecified atom stereocenters. The molecule has 0 heterocycles. The van der Waals surface area contributed by atoms with Crippen LogP contribution in [0.5, 0.6) is 0 Å². The van der Waals surface area contributed by atoms with Gasteiger partial charge in [0, 0.05) is 12.6 Å². The molecule has 0 saturated heterocycles. The third-order valence-electron chi connectivity index (χ3n) is 1.84. The Kier molecular flexibility index (Phi) is 1.86. The van der Waals surface area contributed by atoms with E-state index in [-0.39, 0.29) is 0 Å². The Hall–Kier alpha value is -0.0800. The van der Waals surface area contributed by atoms with Gasteiger partial charge in [0.05, 0.1) is 0 Å². The molecule has 2 nitrogen and oxygen atoms in total. The van der Waals surface area contributed by atoms with E-state index in [1.165, 1.54) is 0 Å². The van der Waals surface area contributed by atoms with E-state index in [4.69, 9.17) is 10.8 Å². The van der Waals surface area contributed by atoms with Crippen LogP contribution in [0.1, 0.15) is 19.3 Å². The minimum Gasteiger partial charge on any atom is -0.396 e. The van der Waals surface area contributed by atoms with Crippen LogP contribution in [0.25, 0.3) is 0 Å². The van der Waals surface area contributed by atoms with E-state index in [2.05, 4.69) is 0 Å². The van der Waals surface area contributed by atoms with Crippen molar-refractivity contribution in [3.8, 4) is 0 Å². The monoisotopic (exact) mass is 115 g/mol. The molecule has 2 heteroatoms. The van der Waals surface area contributed by atoms with Crippen molar-refractivity contribution in [3.05, 3.63) is 0 Å². The van der Waals surface area contributed by atoms with Crippen LogP contribution in [-0.2, 0) is 0 Å². The summed E-state index contributed by atoms with van der Waals surface area (Å²) in [6.07, 6.45) is 3.25. The zero-order chi connectivity index (χ0) is 5.98. The van der Waals surface area contributed by atoms with Crippen LogP contribution in [0.4, 0.5) is 0 Å². The third-order valence-corrected chi connectivity index (χ3v) is 1.84. The minimum atomic E-state index is 0.327. The highest BCUT2D eigenvalue weighted by atomic mass is 16.3. The predicted molar refractivity (Wildman–Crippen MR) is 32.4 cm³/mol. The molecule has 48 valence electrons. The largest absolute Gasteiger partial charge is 0.396 e. The fourth-order valence-electron chi connectivity index (χ4n) is 1.28. The Balaban J connectivity index is 2.22. The molecule has 0 aliphatic heterocycles. The normalized spacial score (nSPS) is 38.2. The van der Waals surface area contributed by atoms with E-state index in [1.54, 1.807) is 0 Å². The first kappa shape index (κ1) is 6.05. The molecular weight excluding hydrogens is 102 g/mol. The first-order chi connectivity index (χ1) is 3.83. The molecule has 0 bridgehead atoms. The van der Waals surface area contributed by atoms with E-state index in [0.717, 1.165) is 19.3 Å². The predicted octanol–water partition coefficient (Wildman–Crippen LogP) is 0.106. The molecule has 3 N–H and O–H groups in total. The Morgan fingerprint density at radius 2 is 2.25 bits per heavy atom. The van der Waals surface area contributed by atoms with Crippen molar-refractivity contribution in [3.63, 3.8) is 0 Å². The summed E-state index contributed by atoms with van der Waals surface area (Å²) in [5, 5.41) is 8.63. The summed E-state index contributed by atoms with van der Waals surface area (Å²) in [6, 6.07) is 0.368. The average Bonchev–Trinajstić information content (AvgIpc) is 2.14. The quantitative estimate of drug-likeness (QED) is 0.509. The molecule has 1 aliphatic rings. The Morgan fingerprint density at radius 1 is 1.50 bits per heavy atom. The van der Waals surface area contributed by atoms with Crippen LogP contribution < -0.4 is 5.73 Å². The van der Waals surface area contributed by atoms with Crippen LogP contribution in [0.2, 0.25) is 0 Å². The lowest BCUT2D eigenvalue weighted by molar-refractivity contribution is 0.229. The smallest absolute Gasteiger partial charge is 0.0459 e. The number of hydrogen-bond acceptors (Lipinski definition) is 2. The summed E-state index contributed by atoms with van der Waals surface area (Å²) in [7, 11) is 0. The van der Waals surface area contributed by atoms with E-state index in [0.29, 0.717) is 18.6 Å². The number of aliphatic hydroxyl groups is 1. The molecule has 0 aromatic rings. The van der Waals surface area contributed by atoms with Gasteiger partial charge in [-0.3, -0.25) is 0 Å². The zero-order valence-corrected chi connectivity index (χ0v) is 5.01. The summed E-state index contributed by atoms with van der Waals surface area (Å²) >= 11 is 0. The van der Waals surface area contributed by atoms with Crippen molar-refractivity contribution in [1.82, 2.24) is 0 Å². The second-order valence-corrected chi connectivity index (χ2v) is 2.62. The van der Waals surface area contributed by atoms with Crippen molar-refractivity contribution in [1.29, 1.82) is 0 Å². The van der Waals surface area contributed by atoms with Gasteiger partial charge >= 0.3 is 0 Å². The maximum Gasteiger partial charge on any atom is 0.0459 e. The summed E-state index contributed by atoms with van der Waals surface area (Å²) in [4.78, 5) is 0. The SMILES string of the molecule is N[C@@H]1CC[C@H](CO)C1. The van der Waals surface area contributed by atoms with E-state index >= 15 is 0 Å². The standard InChI is InChI=1S/C6H13NO/c7-6-2-1-5(3-6)4-8/h5-6,8H,1-4,7H2/t5-,6+/m0/s1. The lowest BCUT2D eigenvalue weighted by atomic mass is 10.1. The summed E-state index contributed by atoms with van der Waals surface area (Å²) < 4.78 is 0. The van der Waals surface area contributed by atoms with Crippen LogP contribution in [-0.4, -0.2) is 17.8 Å². The lowest BCUT2D eigenvalue weighted by Gasteiger charge is -2.01. The van der Waals surface area contributed by atoms with Gasteiger partial charge in [-0.05, 0) is 25.2 Å². The van der Waals surface area contributed by atoms with Gasteiger partial charge in [-0.2, -0.15) is 0 Å². The molecule has 0 aromatic heterocycles. The van der Waals surface area contributed by atoms with Gasteiger partial charge in [-0.1, -0.05) is 0 Å². The lowest BCUT2D eigenvalue weighted by Crippen LogP contribution is -2.15. The van der Waals surface area contributed by atoms with Crippen LogP contribution >= 0.6 is 0 Å². The second-order valence-electron chi connectivity index (χ2n) is 2.62. The minimum absolute atomic E-state index is 0.327. The third kappa shape index (κ3) is 1.20. The van der Waals surface area contributed by atoms with Gasteiger partial charge in [0.15, 0.2) is 0 Å². The van der Waals surface area contributed by atoms with E-state index in [9.17, 15) is 0 Å². The molecule has 1 fully saturated rings. The maximum absolute atomic E-state index is 8.63. The van der Waals surface area contributed by atoms with Gasteiger partial charge in [0.2, 0.25) is 0 Å². The van der Waals surface area contributed by atoms with Crippen molar-refractivity contribution < 1.29 is 5.11 Å². The average molecular weight is 115 g/mol. The number of nitrogens with two attached hydrogens (primary N) is 1. The highest BCUT2D eigenvalue weighted by Gasteiger charge is 2.19. The van der Waals surface area contributed by atoms with E-state index in [1.807, 2.05) is 0 Å². The molecule has 8 heavy (non-hydrogen) atoms. The molecule has 0 amide bonds. The highest BCUT2D eigenvalue weighted by Crippen LogP contribution is 2.22. The van der Waals surface area contributed by atoms with Crippen LogP contribution in [0, 0.1) is 5.92 Å². The first-order valence-corrected chi connectivity index (χ1v) is 3.19. The fourth-order valence-corrected chi connectivity index (χ4v) is 1.28. The molecule has 2 atom stereocenters. The highest BCUT2D eigenvalue weighted by molar-refractivity contribution is 4.76. The number of hydrogen-bond donors (Lipinski definition) is 2. The number of rotatable bonds is 1. The summed E-state index contributed by atoms with van der Waals surface area (Å²) in [5.74, 6) is 0.505. The van der Waals surface area contributed by atoms with Crippen LogP contribution in [0.3, 0.4) is 0 Å². The molecule has 0 radical (unpaired) electrons. The molecule has 1 rings (SSSR count). The maximum atomic E-state index is 8.63. The molecule has 0 aromatic carbocycles. The van der Waals surface area contributed by atoms with Crippen molar-refractivity contribution in [2.75, 3.05) is 6.61 Å². The Morgan fingerprint density at radius 3 is 2.50 bits per heavy atom. The van der Waals surface area contributed by atoms with Crippen molar-refractivity contribution >= 4 is 0 Å². The van der Waals surface area contributed by atoms with Crippen LogP contribution in [0.15, 0.2) is 0 Å². The summed E-state index contributed by atoms with van der Waals surface area (Å²) in [6.45, 7) is 0.327. The zero-order valence-electron chi connectivity index (χ0n) is 5.01. The Bertz CT molecular complexity index is 74.9.